The summed E-state index contributed by atoms with van der Waals surface area (Å²) in [6.45, 7) is 13.1. The Hall–Kier alpha value is -1.98. The molecule has 0 atom stereocenters. The first-order chi connectivity index (χ1) is 13.1. The Morgan fingerprint density at radius 3 is 2.04 bits per heavy atom. The SMILES string of the molecule is COc1cc(B2OC(C)(C)C(C)(C)O2)ccc1OCc1ccc(C(C)C)cc1. The normalized spacial score (nSPS) is 17.8. The highest BCUT2D eigenvalue weighted by atomic mass is 16.7. The highest BCUT2D eigenvalue weighted by Crippen LogP contribution is 2.37. The van der Waals surface area contributed by atoms with Gasteiger partial charge in [-0.25, -0.2) is 0 Å². The fourth-order valence-corrected chi connectivity index (χ4v) is 3.09. The van der Waals surface area contributed by atoms with Crippen molar-refractivity contribution in [3.63, 3.8) is 0 Å². The van der Waals surface area contributed by atoms with Crippen molar-refractivity contribution in [3.05, 3.63) is 53.6 Å². The van der Waals surface area contributed by atoms with Crippen LogP contribution in [0.25, 0.3) is 0 Å². The third-order valence-corrected chi connectivity index (χ3v) is 5.75. The predicted octanol–water partition coefficient (Wildman–Crippen LogP) is 4.70. The molecule has 0 aromatic heterocycles. The molecule has 4 nitrogen and oxygen atoms in total. The van der Waals surface area contributed by atoms with Crippen molar-refractivity contribution < 1.29 is 18.8 Å². The molecule has 0 bridgehead atoms. The number of ether oxygens (including phenoxy) is 2. The first-order valence-corrected chi connectivity index (χ1v) is 9.88. The average Bonchev–Trinajstić information content (AvgIpc) is 2.87. The summed E-state index contributed by atoms with van der Waals surface area (Å²) in [7, 11) is 1.23. The van der Waals surface area contributed by atoms with Gasteiger partial charge in [0.05, 0.1) is 18.3 Å². The Labute approximate surface area is 169 Å². The van der Waals surface area contributed by atoms with Crippen LogP contribution in [0, 0.1) is 0 Å². The molecule has 0 radical (unpaired) electrons. The summed E-state index contributed by atoms with van der Waals surface area (Å²) in [5.41, 5.74) is 2.63. The Kier molecular flexibility index (Phi) is 5.78. The summed E-state index contributed by atoms with van der Waals surface area (Å²) in [5.74, 6) is 1.90. The quantitative estimate of drug-likeness (QED) is 0.679. The standard InChI is InChI=1S/C23H31BO4/c1-16(2)18-10-8-17(9-11-18)15-26-20-13-12-19(14-21(20)25-7)24-27-22(3,4)23(5,6)28-24/h8-14,16H,15H2,1-7H3. The van der Waals surface area contributed by atoms with Crippen molar-refractivity contribution >= 4 is 12.6 Å². The average molecular weight is 382 g/mol. The van der Waals surface area contributed by atoms with Crippen LogP contribution >= 0.6 is 0 Å². The van der Waals surface area contributed by atoms with E-state index in [-0.39, 0.29) is 11.2 Å². The van der Waals surface area contributed by atoms with Gasteiger partial charge in [-0.15, -0.1) is 0 Å². The minimum absolute atomic E-state index is 0.373. The first kappa shape index (κ1) is 20.8. The summed E-state index contributed by atoms with van der Waals surface area (Å²) in [6.07, 6.45) is 0. The monoisotopic (exact) mass is 382 g/mol. The third kappa shape index (κ3) is 4.21. The molecule has 3 rings (SSSR count). The zero-order valence-corrected chi connectivity index (χ0v) is 18.0. The Bertz CT molecular complexity index is 796. The van der Waals surface area contributed by atoms with Crippen molar-refractivity contribution in [2.24, 2.45) is 0 Å². The Balaban J connectivity index is 1.71. The maximum absolute atomic E-state index is 6.13. The van der Waals surface area contributed by atoms with Gasteiger partial charge in [0.15, 0.2) is 11.5 Å². The minimum Gasteiger partial charge on any atom is -0.493 e. The molecular weight excluding hydrogens is 351 g/mol. The zero-order valence-electron chi connectivity index (χ0n) is 18.0. The lowest BCUT2D eigenvalue weighted by atomic mass is 9.79. The molecule has 0 N–H and O–H groups in total. The third-order valence-electron chi connectivity index (χ3n) is 5.75. The van der Waals surface area contributed by atoms with Crippen LogP contribution in [0.15, 0.2) is 42.5 Å². The van der Waals surface area contributed by atoms with Gasteiger partial charge >= 0.3 is 7.12 Å². The van der Waals surface area contributed by atoms with E-state index < -0.39 is 7.12 Å². The smallest absolute Gasteiger partial charge is 0.493 e. The molecule has 2 aromatic rings. The van der Waals surface area contributed by atoms with Gasteiger partial charge in [-0.1, -0.05) is 44.2 Å². The second-order valence-corrected chi connectivity index (χ2v) is 8.68. The van der Waals surface area contributed by atoms with Gasteiger partial charge in [0, 0.05) is 0 Å². The largest absolute Gasteiger partial charge is 0.494 e. The first-order valence-electron chi connectivity index (χ1n) is 9.88. The van der Waals surface area contributed by atoms with Crippen LogP contribution in [0.2, 0.25) is 0 Å². The number of benzene rings is 2. The van der Waals surface area contributed by atoms with Crippen molar-refractivity contribution in [3.8, 4) is 11.5 Å². The highest BCUT2D eigenvalue weighted by molar-refractivity contribution is 6.62. The predicted molar refractivity (Wildman–Crippen MR) is 114 cm³/mol. The second-order valence-electron chi connectivity index (χ2n) is 8.68. The molecule has 0 amide bonds. The van der Waals surface area contributed by atoms with Crippen LogP contribution in [0.3, 0.4) is 0 Å². The molecule has 0 saturated carbocycles. The number of hydrogen-bond donors (Lipinski definition) is 0. The molecule has 0 spiro atoms. The van der Waals surface area contributed by atoms with E-state index in [1.54, 1.807) is 7.11 Å². The van der Waals surface area contributed by atoms with E-state index in [0.29, 0.717) is 24.0 Å². The van der Waals surface area contributed by atoms with E-state index >= 15 is 0 Å². The molecule has 1 fully saturated rings. The summed E-state index contributed by atoms with van der Waals surface area (Å²) in [5, 5.41) is 0. The molecule has 2 aromatic carbocycles. The van der Waals surface area contributed by atoms with Crippen molar-refractivity contribution in [2.45, 2.75) is 65.3 Å². The fraction of sp³-hybridized carbons (Fsp3) is 0.478. The van der Waals surface area contributed by atoms with Gasteiger partial charge in [0.2, 0.25) is 0 Å². The molecule has 0 aliphatic carbocycles. The molecule has 1 saturated heterocycles. The van der Waals surface area contributed by atoms with E-state index in [4.69, 9.17) is 18.8 Å². The highest BCUT2D eigenvalue weighted by Gasteiger charge is 2.51. The van der Waals surface area contributed by atoms with E-state index in [9.17, 15) is 0 Å². The molecule has 1 aliphatic heterocycles. The second kappa shape index (κ2) is 7.80. The van der Waals surface area contributed by atoms with E-state index in [2.05, 4.69) is 38.1 Å². The van der Waals surface area contributed by atoms with Gasteiger partial charge in [-0.3, -0.25) is 0 Å². The molecule has 5 heteroatoms. The van der Waals surface area contributed by atoms with Gasteiger partial charge in [0.1, 0.15) is 6.61 Å². The molecule has 28 heavy (non-hydrogen) atoms. The summed E-state index contributed by atoms with van der Waals surface area (Å²) >= 11 is 0. The Morgan fingerprint density at radius 2 is 1.50 bits per heavy atom. The topological polar surface area (TPSA) is 36.9 Å². The molecule has 1 aliphatic rings. The van der Waals surface area contributed by atoms with Gasteiger partial charge in [-0.05, 0) is 62.3 Å². The lowest BCUT2D eigenvalue weighted by Gasteiger charge is -2.32. The van der Waals surface area contributed by atoms with Crippen molar-refractivity contribution in [2.75, 3.05) is 7.11 Å². The van der Waals surface area contributed by atoms with Crippen LogP contribution in [0.4, 0.5) is 0 Å². The van der Waals surface area contributed by atoms with Crippen molar-refractivity contribution in [1.29, 1.82) is 0 Å². The van der Waals surface area contributed by atoms with Gasteiger partial charge < -0.3 is 18.8 Å². The van der Waals surface area contributed by atoms with Crippen LogP contribution < -0.4 is 14.9 Å². The summed E-state index contributed by atoms with van der Waals surface area (Å²) in [6, 6.07) is 14.4. The fourth-order valence-electron chi connectivity index (χ4n) is 3.09. The summed E-state index contributed by atoms with van der Waals surface area (Å²) < 4.78 is 23.8. The van der Waals surface area contributed by atoms with Crippen LogP contribution in [-0.2, 0) is 15.9 Å². The number of rotatable bonds is 6. The lowest BCUT2D eigenvalue weighted by molar-refractivity contribution is 0.00578. The van der Waals surface area contributed by atoms with E-state index in [0.717, 1.165) is 11.0 Å². The zero-order chi connectivity index (χ0) is 20.5. The van der Waals surface area contributed by atoms with Crippen molar-refractivity contribution in [1.82, 2.24) is 0 Å². The lowest BCUT2D eigenvalue weighted by Crippen LogP contribution is -2.41. The maximum Gasteiger partial charge on any atom is 0.494 e. The molecule has 0 unspecified atom stereocenters. The molecular formula is C23H31BO4. The minimum atomic E-state index is -0.420. The number of methoxy groups -OCH3 is 1. The maximum atomic E-state index is 6.13. The number of hydrogen-bond acceptors (Lipinski definition) is 4. The van der Waals surface area contributed by atoms with Gasteiger partial charge in [0.25, 0.3) is 0 Å². The van der Waals surface area contributed by atoms with E-state index in [1.807, 2.05) is 45.9 Å². The van der Waals surface area contributed by atoms with Crippen LogP contribution in [0.1, 0.15) is 58.6 Å². The molecule has 1 heterocycles. The van der Waals surface area contributed by atoms with Gasteiger partial charge in [-0.2, -0.15) is 0 Å². The summed E-state index contributed by atoms with van der Waals surface area (Å²) in [4.78, 5) is 0. The van der Waals surface area contributed by atoms with Crippen LogP contribution in [-0.4, -0.2) is 25.4 Å². The van der Waals surface area contributed by atoms with E-state index in [1.165, 1.54) is 5.56 Å². The van der Waals surface area contributed by atoms with Crippen LogP contribution in [0.5, 0.6) is 11.5 Å². The molecule has 150 valence electrons. The Morgan fingerprint density at radius 1 is 0.893 bits per heavy atom.